The normalized spacial score (nSPS) is 10.0. The minimum absolute atomic E-state index is 0.0962. The molecule has 0 heterocycles. The van der Waals surface area contributed by atoms with Crippen LogP contribution in [0.25, 0.3) is 0 Å². The molecule has 2 amide bonds. The number of aromatic hydroxyl groups is 1. The Bertz CT molecular complexity index is 762. The fourth-order valence-corrected chi connectivity index (χ4v) is 2.08. The first-order valence-electron chi connectivity index (χ1n) is 6.71. The quantitative estimate of drug-likeness (QED) is 0.743. The van der Waals surface area contributed by atoms with Crippen molar-refractivity contribution in [1.29, 1.82) is 0 Å². The first-order chi connectivity index (χ1) is 10.8. The van der Waals surface area contributed by atoms with Crippen LogP contribution in [-0.4, -0.2) is 16.9 Å². The molecule has 0 saturated carbocycles. The number of carbonyl (C=O) groups is 2. The first-order valence-corrected chi connectivity index (χ1v) is 7.08. The molecule has 0 atom stereocenters. The second-order valence-corrected chi connectivity index (χ2v) is 5.20. The molecule has 0 saturated heterocycles. The number of ether oxygens (including phenoxy) is 1. The molecular weight excluding hydrogens is 320 g/mol. The van der Waals surface area contributed by atoms with E-state index in [1.54, 1.807) is 18.2 Å². The molecule has 0 aliphatic carbocycles. The van der Waals surface area contributed by atoms with Crippen LogP contribution >= 0.6 is 11.6 Å². The van der Waals surface area contributed by atoms with Crippen LogP contribution in [0, 0.1) is 0 Å². The van der Waals surface area contributed by atoms with Crippen LogP contribution < -0.4 is 15.4 Å². The van der Waals surface area contributed by atoms with Crippen molar-refractivity contribution in [2.24, 2.45) is 0 Å². The molecule has 0 aromatic heterocycles. The Kier molecular flexibility index (Phi) is 5.08. The van der Waals surface area contributed by atoms with Gasteiger partial charge in [0.15, 0.2) is 11.5 Å². The zero-order valence-corrected chi connectivity index (χ0v) is 13.3. The molecule has 2 aromatic carbocycles. The lowest BCUT2D eigenvalue weighted by Gasteiger charge is -2.12. The van der Waals surface area contributed by atoms with E-state index >= 15 is 0 Å². The van der Waals surface area contributed by atoms with Gasteiger partial charge in [-0.15, -0.1) is 0 Å². The van der Waals surface area contributed by atoms with Gasteiger partial charge in [-0.1, -0.05) is 11.6 Å². The van der Waals surface area contributed by atoms with E-state index in [1.165, 1.54) is 32.0 Å². The van der Waals surface area contributed by atoms with Gasteiger partial charge < -0.3 is 20.5 Å². The SMILES string of the molecule is CC(=O)Nc1ccc(Oc2cc(NC(C)=O)ccc2O)c(Cl)c1. The van der Waals surface area contributed by atoms with Crippen LogP contribution in [0.1, 0.15) is 13.8 Å². The fourth-order valence-electron chi connectivity index (χ4n) is 1.86. The third-order valence-electron chi connectivity index (χ3n) is 2.75. The third kappa shape index (κ3) is 4.62. The Labute approximate surface area is 138 Å². The number of carbonyl (C=O) groups excluding carboxylic acids is 2. The highest BCUT2D eigenvalue weighted by molar-refractivity contribution is 6.32. The molecule has 0 aliphatic heterocycles. The summed E-state index contributed by atoms with van der Waals surface area (Å²) in [7, 11) is 0. The van der Waals surface area contributed by atoms with Gasteiger partial charge in [-0.25, -0.2) is 0 Å². The van der Waals surface area contributed by atoms with Crippen molar-refractivity contribution in [2.45, 2.75) is 13.8 Å². The molecule has 6 nitrogen and oxygen atoms in total. The Morgan fingerprint density at radius 1 is 0.957 bits per heavy atom. The molecule has 0 aliphatic rings. The lowest BCUT2D eigenvalue weighted by atomic mass is 10.2. The Morgan fingerprint density at radius 3 is 2.09 bits per heavy atom. The van der Waals surface area contributed by atoms with Crippen molar-refractivity contribution in [3.63, 3.8) is 0 Å². The highest BCUT2D eigenvalue weighted by atomic mass is 35.5. The summed E-state index contributed by atoms with van der Waals surface area (Å²) < 4.78 is 5.58. The van der Waals surface area contributed by atoms with Crippen molar-refractivity contribution in [3.8, 4) is 17.2 Å². The van der Waals surface area contributed by atoms with Crippen molar-refractivity contribution in [1.82, 2.24) is 0 Å². The van der Waals surface area contributed by atoms with Gasteiger partial charge in [0.05, 0.1) is 5.02 Å². The largest absolute Gasteiger partial charge is 0.504 e. The molecule has 2 aromatic rings. The van der Waals surface area contributed by atoms with Crippen LogP contribution in [-0.2, 0) is 9.59 Å². The number of hydrogen-bond donors (Lipinski definition) is 3. The van der Waals surface area contributed by atoms with Crippen molar-refractivity contribution in [3.05, 3.63) is 41.4 Å². The maximum absolute atomic E-state index is 11.1. The van der Waals surface area contributed by atoms with E-state index in [2.05, 4.69) is 10.6 Å². The highest BCUT2D eigenvalue weighted by Crippen LogP contribution is 2.37. The monoisotopic (exact) mass is 334 g/mol. The highest BCUT2D eigenvalue weighted by Gasteiger charge is 2.10. The summed E-state index contributed by atoms with van der Waals surface area (Å²) in [6.45, 7) is 2.77. The zero-order valence-electron chi connectivity index (χ0n) is 12.5. The topological polar surface area (TPSA) is 87.7 Å². The van der Waals surface area contributed by atoms with E-state index in [1.807, 2.05) is 0 Å². The van der Waals surface area contributed by atoms with E-state index in [-0.39, 0.29) is 28.3 Å². The van der Waals surface area contributed by atoms with Crippen molar-refractivity contribution in [2.75, 3.05) is 10.6 Å². The zero-order chi connectivity index (χ0) is 17.0. The van der Waals surface area contributed by atoms with Gasteiger partial charge in [0, 0.05) is 31.3 Å². The van der Waals surface area contributed by atoms with Gasteiger partial charge in [-0.05, 0) is 30.3 Å². The van der Waals surface area contributed by atoms with Gasteiger partial charge >= 0.3 is 0 Å². The number of phenolic OH excluding ortho intramolecular Hbond substituents is 1. The van der Waals surface area contributed by atoms with Crippen LogP contribution in [0.15, 0.2) is 36.4 Å². The predicted octanol–water partition coefficient (Wildman–Crippen LogP) is 3.75. The second-order valence-electron chi connectivity index (χ2n) is 4.79. The number of rotatable bonds is 4. The first kappa shape index (κ1) is 16.6. The van der Waals surface area contributed by atoms with Crippen molar-refractivity contribution >= 4 is 34.8 Å². The molecule has 0 bridgehead atoms. The molecule has 23 heavy (non-hydrogen) atoms. The summed E-state index contributed by atoms with van der Waals surface area (Å²) >= 11 is 6.11. The van der Waals surface area contributed by atoms with Crippen LogP contribution in [0.5, 0.6) is 17.2 Å². The smallest absolute Gasteiger partial charge is 0.221 e. The fraction of sp³-hybridized carbons (Fsp3) is 0.125. The molecule has 0 fully saturated rings. The lowest BCUT2D eigenvalue weighted by Crippen LogP contribution is -2.06. The maximum Gasteiger partial charge on any atom is 0.221 e. The molecule has 2 rings (SSSR count). The van der Waals surface area contributed by atoms with E-state index in [0.29, 0.717) is 17.1 Å². The Morgan fingerprint density at radius 2 is 1.52 bits per heavy atom. The molecule has 7 heteroatoms. The number of benzene rings is 2. The Hall–Kier alpha value is -2.73. The summed E-state index contributed by atoms with van der Waals surface area (Å²) in [5.41, 5.74) is 1.02. The van der Waals surface area contributed by atoms with Gasteiger partial charge in [0.1, 0.15) is 5.75 Å². The van der Waals surface area contributed by atoms with Crippen LogP contribution in [0.3, 0.4) is 0 Å². The molecule has 0 radical (unpaired) electrons. The van der Waals surface area contributed by atoms with E-state index in [9.17, 15) is 14.7 Å². The second kappa shape index (κ2) is 7.02. The maximum atomic E-state index is 11.1. The molecule has 3 N–H and O–H groups in total. The molecular formula is C16H15ClN2O4. The average Bonchev–Trinajstić information content (AvgIpc) is 2.44. The van der Waals surface area contributed by atoms with Crippen LogP contribution in [0.4, 0.5) is 11.4 Å². The van der Waals surface area contributed by atoms with Gasteiger partial charge in [0.25, 0.3) is 0 Å². The van der Waals surface area contributed by atoms with Crippen LogP contribution in [0.2, 0.25) is 5.02 Å². The number of hydrogen-bond acceptors (Lipinski definition) is 4. The summed E-state index contributed by atoms with van der Waals surface area (Å²) in [6.07, 6.45) is 0. The van der Waals surface area contributed by atoms with Crippen molar-refractivity contribution < 1.29 is 19.4 Å². The van der Waals surface area contributed by atoms with E-state index in [4.69, 9.17) is 16.3 Å². The summed E-state index contributed by atoms with van der Waals surface area (Å²) in [5, 5.41) is 15.3. The summed E-state index contributed by atoms with van der Waals surface area (Å²) in [6, 6.07) is 9.16. The van der Waals surface area contributed by atoms with Gasteiger partial charge in [0.2, 0.25) is 11.8 Å². The molecule has 0 unspecified atom stereocenters. The number of amides is 2. The molecule has 120 valence electrons. The van der Waals surface area contributed by atoms with Gasteiger partial charge in [-0.2, -0.15) is 0 Å². The van der Waals surface area contributed by atoms with Gasteiger partial charge in [-0.3, -0.25) is 9.59 Å². The average molecular weight is 335 g/mol. The number of phenols is 1. The Balaban J connectivity index is 2.24. The summed E-state index contributed by atoms with van der Waals surface area (Å²) in [5.74, 6) is -0.0997. The third-order valence-corrected chi connectivity index (χ3v) is 3.05. The van der Waals surface area contributed by atoms with E-state index in [0.717, 1.165) is 0 Å². The summed E-state index contributed by atoms with van der Waals surface area (Å²) in [4.78, 5) is 22.1. The predicted molar refractivity (Wildman–Crippen MR) is 88.2 cm³/mol. The van der Waals surface area contributed by atoms with E-state index < -0.39 is 0 Å². The standard InChI is InChI=1S/C16H15ClN2O4/c1-9(20)18-11-4-6-15(13(17)7-11)23-16-8-12(19-10(2)21)3-5-14(16)22/h3-8,22H,1-2H3,(H,18,20)(H,19,21). The number of nitrogens with one attached hydrogen (secondary N) is 2. The number of anilines is 2. The number of halogens is 1. The minimum atomic E-state index is -0.237. The lowest BCUT2D eigenvalue weighted by molar-refractivity contribution is -0.115. The molecule has 0 spiro atoms. The minimum Gasteiger partial charge on any atom is -0.504 e.